The Labute approximate surface area is 71.0 Å². The summed E-state index contributed by atoms with van der Waals surface area (Å²) >= 11 is 0. The number of ether oxygens (including phenoxy) is 1. The van der Waals surface area contributed by atoms with Crippen molar-refractivity contribution < 1.29 is 14.4 Å². The highest BCUT2D eigenvalue weighted by Gasteiger charge is 2.56. The van der Waals surface area contributed by atoms with E-state index in [2.05, 4.69) is 11.8 Å². The lowest BCUT2D eigenvalue weighted by molar-refractivity contribution is -0.150. The first-order chi connectivity index (χ1) is 5.65. The van der Waals surface area contributed by atoms with E-state index in [0.717, 1.165) is 19.3 Å². The molecule has 1 heterocycles. The number of carbonyl (C=O) groups is 1. The van der Waals surface area contributed by atoms with Gasteiger partial charge in [0.1, 0.15) is 0 Å². The zero-order valence-corrected chi connectivity index (χ0v) is 7.08. The molecule has 2 N–H and O–H groups in total. The third-order valence-corrected chi connectivity index (χ3v) is 2.97. The van der Waals surface area contributed by atoms with Gasteiger partial charge < -0.3 is 9.57 Å². The average molecular weight is 171 g/mol. The lowest BCUT2D eigenvalue weighted by atomic mass is 9.83. The van der Waals surface area contributed by atoms with E-state index in [9.17, 15) is 4.79 Å². The summed E-state index contributed by atoms with van der Waals surface area (Å²) in [5, 5.41) is 0. The summed E-state index contributed by atoms with van der Waals surface area (Å²) in [4.78, 5) is 15.2. The number of nitrogens with two attached hydrogens (primary N) is 1. The van der Waals surface area contributed by atoms with Crippen LogP contribution in [0.15, 0.2) is 0 Å². The third kappa shape index (κ3) is 1.11. The lowest BCUT2D eigenvalue weighted by Gasteiger charge is -2.19. The minimum Gasteiger partial charge on any atom is -0.373 e. The SMILES string of the molecule is C[C@]12CC[C@@H](C(=O)ON)C[C@H]1O2. The van der Waals surface area contributed by atoms with Crippen molar-refractivity contribution in [2.45, 2.75) is 37.9 Å². The molecule has 1 saturated heterocycles. The van der Waals surface area contributed by atoms with Crippen molar-refractivity contribution in [3.63, 3.8) is 0 Å². The van der Waals surface area contributed by atoms with Crippen LogP contribution in [0.2, 0.25) is 0 Å². The first-order valence-electron chi connectivity index (χ1n) is 4.24. The van der Waals surface area contributed by atoms with E-state index in [1.807, 2.05) is 0 Å². The van der Waals surface area contributed by atoms with Gasteiger partial charge in [0.15, 0.2) is 0 Å². The Hall–Kier alpha value is -0.610. The van der Waals surface area contributed by atoms with Gasteiger partial charge in [-0.05, 0) is 26.2 Å². The van der Waals surface area contributed by atoms with Crippen LogP contribution in [0, 0.1) is 5.92 Å². The van der Waals surface area contributed by atoms with Gasteiger partial charge in [0.05, 0.1) is 17.6 Å². The molecule has 12 heavy (non-hydrogen) atoms. The molecule has 1 aliphatic heterocycles. The number of hydrogen-bond donors (Lipinski definition) is 1. The molecule has 3 atom stereocenters. The highest BCUT2D eigenvalue weighted by atomic mass is 16.7. The fraction of sp³-hybridized carbons (Fsp3) is 0.875. The van der Waals surface area contributed by atoms with Crippen molar-refractivity contribution in [3.05, 3.63) is 0 Å². The lowest BCUT2D eigenvalue weighted by Crippen LogP contribution is -2.29. The van der Waals surface area contributed by atoms with Gasteiger partial charge in [-0.2, -0.15) is 5.90 Å². The Morgan fingerprint density at radius 1 is 1.75 bits per heavy atom. The average Bonchev–Trinajstić information content (AvgIpc) is 2.73. The summed E-state index contributed by atoms with van der Waals surface area (Å²) in [5.74, 6) is 4.46. The Balaban J connectivity index is 1.93. The maximum absolute atomic E-state index is 11.0. The molecular formula is C8H13NO3. The second-order valence-electron chi connectivity index (χ2n) is 3.83. The highest BCUT2D eigenvalue weighted by molar-refractivity contribution is 5.72. The van der Waals surface area contributed by atoms with E-state index in [0.29, 0.717) is 0 Å². The van der Waals surface area contributed by atoms with Crippen LogP contribution in [-0.4, -0.2) is 17.7 Å². The van der Waals surface area contributed by atoms with Crippen LogP contribution in [-0.2, 0) is 14.4 Å². The molecule has 1 saturated carbocycles. The topological polar surface area (TPSA) is 64.8 Å². The fourth-order valence-corrected chi connectivity index (χ4v) is 1.96. The van der Waals surface area contributed by atoms with E-state index < -0.39 is 0 Å². The van der Waals surface area contributed by atoms with Crippen LogP contribution in [0.4, 0.5) is 0 Å². The first-order valence-corrected chi connectivity index (χ1v) is 4.24. The van der Waals surface area contributed by atoms with Crippen molar-refractivity contribution in [2.75, 3.05) is 0 Å². The smallest absolute Gasteiger partial charge is 0.327 e. The van der Waals surface area contributed by atoms with Gasteiger partial charge >= 0.3 is 5.97 Å². The zero-order chi connectivity index (χ0) is 8.77. The molecule has 0 spiro atoms. The van der Waals surface area contributed by atoms with E-state index in [-0.39, 0.29) is 23.6 Å². The molecular weight excluding hydrogens is 158 g/mol. The van der Waals surface area contributed by atoms with Crippen molar-refractivity contribution in [2.24, 2.45) is 11.8 Å². The molecule has 2 aliphatic rings. The number of fused-ring (bicyclic) bond motifs is 1. The molecule has 0 radical (unpaired) electrons. The maximum atomic E-state index is 11.0. The van der Waals surface area contributed by atoms with E-state index in [4.69, 9.17) is 10.6 Å². The van der Waals surface area contributed by atoms with Crippen LogP contribution in [0.1, 0.15) is 26.2 Å². The number of epoxide rings is 1. The molecule has 0 bridgehead atoms. The van der Waals surface area contributed by atoms with Gasteiger partial charge in [-0.25, -0.2) is 0 Å². The van der Waals surface area contributed by atoms with Gasteiger partial charge in [0, 0.05) is 0 Å². The van der Waals surface area contributed by atoms with Crippen LogP contribution < -0.4 is 5.90 Å². The van der Waals surface area contributed by atoms with Gasteiger partial charge in [-0.3, -0.25) is 4.79 Å². The molecule has 4 nitrogen and oxygen atoms in total. The van der Waals surface area contributed by atoms with Crippen molar-refractivity contribution in [1.29, 1.82) is 0 Å². The van der Waals surface area contributed by atoms with Gasteiger partial charge in [0.25, 0.3) is 0 Å². The zero-order valence-electron chi connectivity index (χ0n) is 7.08. The van der Waals surface area contributed by atoms with Crippen LogP contribution in [0.3, 0.4) is 0 Å². The Morgan fingerprint density at radius 3 is 3.08 bits per heavy atom. The summed E-state index contributed by atoms with van der Waals surface area (Å²) in [6.45, 7) is 2.08. The summed E-state index contributed by atoms with van der Waals surface area (Å²) in [7, 11) is 0. The Bertz CT molecular complexity index is 218. The minimum atomic E-state index is -0.299. The van der Waals surface area contributed by atoms with E-state index in [1.54, 1.807) is 0 Å². The standard InChI is InChI=1S/C8H13NO3/c1-8-3-2-5(7(10)12-9)4-6(8)11-8/h5-6H,2-4,9H2,1H3/t5-,6-,8+/m1/s1. The quantitative estimate of drug-likeness (QED) is 0.457. The van der Waals surface area contributed by atoms with Crippen LogP contribution in [0.25, 0.3) is 0 Å². The fourth-order valence-electron chi connectivity index (χ4n) is 1.96. The second-order valence-corrected chi connectivity index (χ2v) is 3.83. The molecule has 2 rings (SSSR count). The second kappa shape index (κ2) is 2.44. The monoisotopic (exact) mass is 171 g/mol. The molecule has 68 valence electrons. The predicted molar refractivity (Wildman–Crippen MR) is 40.9 cm³/mol. The van der Waals surface area contributed by atoms with Gasteiger partial charge in [0.2, 0.25) is 0 Å². The van der Waals surface area contributed by atoms with Crippen LogP contribution >= 0.6 is 0 Å². The van der Waals surface area contributed by atoms with Gasteiger partial charge in [-0.15, -0.1) is 0 Å². The highest BCUT2D eigenvalue weighted by Crippen LogP contribution is 2.49. The summed E-state index contributed by atoms with van der Waals surface area (Å²) in [6, 6.07) is 0. The molecule has 1 aliphatic carbocycles. The van der Waals surface area contributed by atoms with Crippen molar-refractivity contribution in [1.82, 2.24) is 0 Å². The molecule has 4 heteroatoms. The number of hydrogen-bond acceptors (Lipinski definition) is 4. The number of carbonyl (C=O) groups excluding carboxylic acids is 1. The minimum absolute atomic E-state index is 0.0458. The molecule has 0 aromatic rings. The molecule has 0 aromatic carbocycles. The van der Waals surface area contributed by atoms with Crippen molar-refractivity contribution in [3.8, 4) is 0 Å². The Kier molecular flexibility index (Phi) is 1.63. The Morgan fingerprint density at radius 2 is 2.50 bits per heavy atom. The molecule has 0 amide bonds. The summed E-state index contributed by atoms with van der Waals surface area (Å²) in [6.07, 6.45) is 2.81. The summed E-state index contributed by atoms with van der Waals surface area (Å²) in [5.41, 5.74) is 0.0609. The normalized spacial score (nSPS) is 44.8. The number of rotatable bonds is 1. The maximum Gasteiger partial charge on any atom is 0.327 e. The molecule has 2 fully saturated rings. The molecule has 0 unspecified atom stereocenters. The predicted octanol–water partition coefficient (Wildman–Crippen LogP) is 0.361. The summed E-state index contributed by atoms with van der Waals surface area (Å²) < 4.78 is 5.44. The van der Waals surface area contributed by atoms with Crippen LogP contribution in [0.5, 0.6) is 0 Å². The van der Waals surface area contributed by atoms with Gasteiger partial charge in [-0.1, -0.05) is 0 Å². The molecule has 0 aromatic heterocycles. The van der Waals surface area contributed by atoms with Crippen molar-refractivity contribution >= 4 is 5.97 Å². The van der Waals surface area contributed by atoms with E-state index >= 15 is 0 Å². The first kappa shape index (κ1) is 8.01. The third-order valence-electron chi connectivity index (χ3n) is 2.97. The largest absolute Gasteiger partial charge is 0.373 e. The van der Waals surface area contributed by atoms with E-state index in [1.165, 1.54) is 0 Å².